The van der Waals surface area contributed by atoms with E-state index in [0.29, 0.717) is 17.1 Å². The zero-order chi connectivity index (χ0) is 31.0. The molecule has 0 saturated carbocycles. The number of thiazole rings is 1. The lowest BCUT2D eigenvalue weighted by molar-refractivity contribution is -0.160. The van der Waals surface area contributed by atoms with Gasteiger partial charge in [0.05, 0.1) is 28.6 Å². The van der Waals surface area contributed by atoms with E-state index in [0.717, 1.165) is 48.6 Å². The van der Waals surface area contributed by atoms with Gasteiger partial charge in [-0.3, -0.25) is 4.68 Å². The molecule has 0 amide bonds. The first kappa shape index (κ1) is 29.8. The van der Waals surface area contributed by atoms with Gasteiger partial charge in [0.1, 0.15) is 5.01 Å². The number of carboxylic acid groups (broad SMARTS) is 1. The SMILES string of the molecule is Cc1cc2nc(-c3cccc(-c4cnn(Cc5ccccc5)c4)c3)sc2c(-c2ccc(Cl)cc2)c1C(OC(C)(C)C)C(=O)O. The number of rotatable bonds is 8. The molecule has 0 fully saturated rings. The molecule has 0 spiro atoms. The van der Waals surface area contributed by atoms with Crippen molar-refractivity contribution in [2.75, 3.05) is 0 Å². The molecule has 222 valence electrons. The molecule has 6 nitrogen and oxygen atoms in total. The number of fused-ring (bicyclic) bond motifs is 1. The number of benzene rings is 4. The van der Waals surface area contributed by atoms with Crippen LogP contribution in [0.3, 0.4) is 0 Å². The molecule has 0 radical (unpaired) electrons. The first-order valence-electron chi connectivity index (χ1n) is 14.3. The number of aliphatic carboxylic acids is 1. The molecule has 0 saturated heterocycles. The van der Waals surface area contributed by atoms with Crippen molar-refractivity contribution in [2.24, 2.45) is 0 Å². The summed E-state index contributed by atoms with van der Waals surface area (Å²) in [5.74, 6) is -1.04. The molecule has 2 aromatic heterocycles. The van der Waals surface area contributed by atoms with E-state index in [-0.39, 0.29) is 0 Å². The number of hydrogen-bond acceptors (Lipinski definition) is 5. The second-order valence-electron chi connectivity index (χ2n) is 11.8. The number of aryl methyl sites for hydroxylation is 1. The summed E-state index contributed by atoms with van der Waals surface area (Å²) in [5.41, 5.74) is 7.44. The number of carboxylic acids is 1. The van der Waals surface area contributed by atoms with Gasteiger partial charge in [-0.1, -0.05) is 72.3 Å². The van der Waals surface area contributed by atoms with Gasteiger partial charge in [-0.2, -0.15) is 5.10 Å². The monoisotopic (exact) mass is 621 g/mol. The molecule has 1 atom stereocenters. The van der Waals surface area contributed by atoms with Crippen LogP contribution in [0.25, 0.3) is 43.0 Å². The normalized spacial score (nSPS) is 12.5. The highest BCUT2D eigenvalue weighted by molar-refractivity contribution is 7.22. The summed E-state index contributed by atoms with van der Waals surface area (Å²) in [7, 11) is 0. The van der Waals surface area contributed by atoms with Crippen LogP contribution in [0.4, 0.5) is 0 Å². The Bertz CT molecular complexity index is 1960. The van der Waals surface area contributed by atoms with Crippen molar-refractivity contribution in [1.29, 1.82) is 0 Å². The van der Waals surface area contributed by atoms with Gasteiger partial charge in [0.15, 0.2) is 6.10 Å². The van der Waals surface area contributed by atoms with Crippen molar-refractivity contribution in [3.63, 3.8) is 0 Å². The van der Waals surface area contributed by atoms with Crippen molar-refractivity contribution in [3.05, 3.63) is 119 Å². The third-order valence-electron chi connectivity index (χ3n) is 7.28. The van der Waals surface area contributed by atoms with Gasteiger partial charge in [-0.25, -0.2) is 9.78 Å². The minimum atomic E-state index is -1.16. The van der Waals surface area contributed by atoms with Crippen molar-refractivity contribution < 1.29 is 14.6 Å². The van der Waals surface area contributed by atoms with Crippen LogP contribution in [0.15, 0.2) is 97.3 Å². The van der Waals surface area contributed by atoms with E-state index in [1.54, 1.807) is 11.3 Å². The molecule has 0 aliphatic heterocycles. The van der Waals surface area contributed by atoms with E-state index in [2.05, 4.69) is 35.6 Å². The summed E-state index contributed by atoms with van der Waals surface area (Å²) in [6.07, 6.45) is 2.78. The number of hydrogen-bond donors (Lipinski definition) is 1. The van der Waals surface area contributed by atoms with Crippen LogP contribution in [0, 0.1) is 6.92 Å². The zero-order valence-corrected chi connectivity index (χ0v) is 26.5. The molecule has 0 aliphatic carbocycles. The minimum Gasteiger partial charge on any atom is -0.479 e. The molecule has 1 N–H and O–H groups in total. The van der Waals surface area contributed by atoms with Gasteiger partial charge in [-0.05, 0) is 74.2 Å². The van der Waals surface area contributed by atoms with E-state index < -0.39 is 17.7 Å². The second kappa shape index (κ2) is 12.0. The summed E-state index contributed by atoms with van der Waals surface area (Å²) in [6.45, 7) is 8.21. The van der Waals surface area contributed by atoms with Gasteiger partial charge in [-0.15, -0.1) is 11.3 Å². The Hall–Kier alpha value is -4.30. The van der Waals surface area contributed by atoms with Gasteiger partial charge in [0.25, 0.3) is 0 Å². The van der Waals surface area contributed by atoms with Crippen LogP contribution < -0.4 is 0 Å². The Morgan fingerprint density at radius 1 is 0.955 bits per heavy atom. The molecule has 6 aromatic rings. The van der Waals surface area contributed by atoms with Crippen LogP contribution in [0.1, 0.15) is 43.6 Å². The fraction of sp³-hybridized carbons (Fsp3) is 0.194. The molecular weight excluding hydrogens is 590 g/mol. The van der Waals surface area contributed by atoms with E-state index in [9.17, 15) is 9.90 Å². The lowest BCUT2D eigenvalue weighted by Gasteiger charge is -2.28. The molecular formula is C36H32ClN3O3S. The summed E-state index contributed by atoms with van der Waals surface area (Å²) in [6, 6.07) is 28.0. The van der Waals surface area contributed by atoms with Crippen LogP contribution >= 0.6 is 22.9 Å². The minimum absolute atomic E-state index is 0.605. The number of ether oxygens (including phenoxy) is 1. The summed E-state index contributed by atoms with van der Waals surface area (Å²) < 4.78 is 8.98. The van der Waals surface area contributed by atoms with Gasteiger partial charge in [0, 0.05) is 33.5 Å². The number of nitrogens with zero attached hydrogens (tertiary/aromatic N) is 3. The molecule has 1 unspecified atom stereocenters. The topological polar surface area (TPSA) is 77.2 Å². The number of halogens is 1. The lowest BCUT2D eigenvalue weighted by Crippen LogP contribution is -2.28. The fourth-order valence-electron chi connectivity index (χ4n) is 5.36. The van der Waals surface area contributed by atoms with E-state index in [1.807, 2.05) is 99.2 Å². The number of carbonyl (C=O) groups is 1. The summed E-state index contributed by atoms with van der Waals surface area (Å²) in [5, 5.41) is 16.4. The van der Waals surface area contributed by atoms with Crippen LogP contribution in [0.2, 0.25) is 5.02 Å². The summed E-state index contributed by atoms with van der Waals surface area (Å²) >= 11 is 7.79. The smallest absolute Gasteiger partial charge is 0.337 e. The molecule has 4 aromatic carbocycles. The largest absolute Gasteiger partial charge is 0.479 e. The molecule has 2 heterocycles. The average Bonchev–Trinajstić information content (AvgIpc) is 3.63. The highest BCUT2D eigenvalue weighted by atomic mass is 35.5. The Morgan fingerprint density at radius 3 is 2.39 bits per heavy atom. The second-order valence-corrected chi connectivity index (χ2v) is 13.2. The first-order chi connectivity index (χ1) is 21.1. The van der Waals surface area contributed by atoms with Crippen LogP contribution in [0.5, 0.6) is 0 Å². The third kappa shape index (κ3) is 6.31. The molecule has 0 bridgehead atoms. The Balaban J connectivity index is 1.45. The third-order valence-corrected chi connectivity index (χ3v) is 8.67. The molecule has 8 heteroatoms. The molecule has 0 aliphatic rings. The summed E-state index contributed by atoms with van der Waals surface area (Å²) in [4.78, 5) is 17.7. The number of aromatic nitrogens is 3. The average molecular weight is 622 g/mol. The van der Waals surface area contributed by atoms with Crippen LogP contribution in [-0.2, 0) is 16.1 Å². The molecule has 6 rings (SSSR count). The highest BCUT2D eigenvalue weighted by Crippen LogP contribution is 2.44. The van der Waals surface area contributed by atoms with Crippen LogP contribution in [-0.4, -0.2) is 31.4 Å². The predicted molar refractivity (Wildman–Crippen MR) is 178 cm³/mol. The van der Waals surface area contributed by atoms with E-state index in [4.69, 9.17) is 21.3 Å². The first-order valence-corrected chi connectivity index (χ1v) is 15.5. The van der Waals surface area contributed by atoms with Crippen molar-refractivity contribution >= 4 is 39.1 Å². The predicted octanol–water partition coefficient (Wildman–Crippen LogP) is 9.44. The Labute approximate surface area is 265 Å². The van der Waals surface area contributed by atoms with E-state index >= 15 is 0 Å². The van der Waals surface area contributed by atoms with Crippen molar-refractivity contribution in [3.8, 4) is 32.8 Å². The van der Waals surface area contributed by atoms with Gasteiger partial charge in [0.2, 0.25) is 0 Å². The van der Waals surface area contributed by atoms with Crippen molar-refractivity contribution in [2.45, 2.75) is 45.9 Å². The fourth-order valence-corrected chi connectivity index (χ4v) is 6.61. The highest BCUT2D eigenvalue weighted by Gasteiger charge is 2.32. The van der Waals surface area contributed by atoms with Gasteiger partial charge < -0.3 is 9.84 Å². The zero-order valence-electron chi connectivity index (χ0n) is 24.9. The Kier molecular flexibility index (Phi) is 8.12. The Morgan fingerprint density at radius 2 is 1.68 bits per heavy atom. The standard InChI is InChI=1S/C36H32ClN3O3S/c1-22-17-29-33(31(24-13-15-28(37)16-14-24)30(22)32(35(41)42)43-36(2,3)4)44-34(39-29)26-12-8-11-25(18-26)27-19-38-40(21-27)20-23-9-6-5-7-10-23/h5-19,21,32H,20H2,1-4H3,(H,41,42). The van der Waals surface area contributed by atoms with E-state index in [1.165, 1.54) is 5.56 Å². The maximum absolute atomic E-state index is 12.6. The lowest BCUT2D eigenvalue weighted by atomic mass is 9.91. The van der Waals surface area contributed by atoms with Crippen molar-refractivity contribution in [1.82, 2.24) is 14.8 Å². The quantitative estimate of drug-likeness (QED) is 0.183. The maximum atomic E-state index is 12.6. The maximum Gasteiger partial charge on any atom is 0.337 e. The molecule has 44 heavy (non-hydrogen) atoms. The van der Waals surface area contributed by atoms with Gasteiger partial charge >= 0.3 is 5.97 Å².